The van der Waals surface area contributed by atoms with Gasteiger partial charge in [-0.3, -0.25) is 0 Å². The van der Waals surface area contributed by atoms with Gasteiger partial charge in [0.25, 0.3) is 5.92 Å². The Labute approximate surface area is 156 Å². The van der Waals surface area contributed by atoms with Crippen molar-refractivity contribution < 1.29 is 22.0 Å². The van der Waals surface area contributed by atoms with Crippen LogP contribution < -0.4 is 10.6 Å². The molecular weight excluding hydrogens is 381 g/mol. The number of nitrogens with one attached hydrogen (secondary N) is 3. The van der Waals surface area contributed by atoms with E-state index in [-0.39, 0.29) is 23.8 Å². The maximum atomic E-state index is 13.6. The summed E-state index contributed by atoms with van der Waals surface area (Å²) in [6.07, 6.45) is -2.98. The third-order valence-electron chi connectivity index (χ3n) is 4.59. The molecule has 1 aliphatic rings. The number of H-pyrrole nitrogens is 1. The zero-order valence-corrected chi connectivity index (χ0v) is 14.4. The highest BCUT2D eigenvalue weighted by molar-refractivity contribution is 5.95. The van der Waals surface area contributed by atoms with Crippen LogP contribution in [0.25, 0.3) is 22.2 Å². The standard InChI is InChI=1S/C18H16F5N5/c19-17(20)5-10(6-24-9-17)27-16-26-8-13(18(21,22)23)15(28-16)12-7-25-14-4-2-1-3-11(12)14/h1-4,7-8,10,24-25H,5-6,9H2,(H,26,27,28)/t10-/m0/s1. The van der Waals surface area contributed by atoms with Gasteiger partial charge in [0.15, 0.2) is 0 Å². The molecule has 10 heteroatoms. The van der Waals surface area contributed by atoms with Crippen molar-refractivity contribution in [2.45, 2.75) is 24.6 Å². The molecule has 4 rings (SSSR count). The highest BCUT2D eigenvalue weighted by Crippen LogP contribution is 2.38. The first kappa shape index (κ1) is 18.6. The lowest BCUT2D eigenvalue weighted by Gasteiger charge is -2.30. The molecule has 2 aromatic heterocycles. The van der Waals surface area contributed by atoms with E-state index < -0.39 is 36.7 Å². The second-order valence-corrected chi connectivity index (χ2v) is 6.73. The van der Waals surface area contributed by atoms with Gasteiger partial charge in [0.1, 0.15) is 5.56 Å². The Morgan fingerprint density at radius 2 is 1.96 bits per heavy atom. The molecule has 148 valence electrons. The van der Waals surface area contributed by atoms with Gasteiger partial charge in [0, 0.05) is 47.9 Å². The van der Waals surface area contributed by atoms with Gasteiger partial charge in [-0.05, 0) is 6.07 Å². The van der Waals surface area contributed by atoms with Gasteiger partial charge >= 0.3 is 6.18 Å². The van der Waals surface area contributed by atoms with Crippen molar-refractivity contribution >= 4 is 16.9 Å². The third-order valence-corrected chi connectivity index (χ3v) is 4.59. The quantitative estimate of drug-likeness (QED) is 0.584. The molecule has 28 heavy (non-hydrogen) atoms. The minimum absolute atomic E-state index is 0.127. The van der Waals surface area contributed by atoms with Gasteiger partial charge in [-0.1, -0.05) is 18.2 Å². The highest BCUT2D eigenvalue weighted by Gasteiger charge is 2.38. The lowest BCUT2D eigenvalue weighted by molar-refractivity contribution is -0.137. The number of piperidine rings is 1. The van der Waals surface area contributed by atoms with Crippen LogP contribution in [0.2, 0.25) is 0 Å². The molecule has 1 saturated heterocycles. The molecule has 1 atom stereocenters. The Balaban J connectivity index is 1.74. The average molecular weight is 397 g/mol. The monoisotopic (exact) mass is 397 g/mol. The molecular formula is C18H16F5N5. The molecule has 5 nitrogen and oxygen atoms in total. The summed E-state index contributed by atoms with van der Waals surface area (Å²) in [5, 5.41) is 5.89. The van der Waals surface area contributed by atoms with Gasteiger partial charge in [-0.25, -0.2) is 18.7 Å². The third kappa shape index (κ3) is 3.64. The normalized spacial score (nSPS) is 19.7. The number of halogens is 5. The SMILES string of the molecule is FC1(F)CNC[C@@H](Nc2ncc(C(F)(F)F)c(-c3c[nH]c4ccccc34)n2)C1. The molecule has 3 aromatic rings. The van der Waals surface area contributed by atoms with E-state index in [9.17, 15) is 22.0 Å². The summed E-state index contributed by atoms with van der Waals surface area (Å²) in [6, 6.07) is 6.19. The first-order valence-electron chi connectivity index (χ1n) is 8.59. The molecule has 0 radical (unpaired) electrons. The van der Waals surface area contributed by atoms with E-state index in [1.807, 2.05) is 0 Å². The molecule has 0 unspecified atom stereocenters. The number of fused-ring (bicyclic) bond motifs is 1. The Bertz CT molecular complexity index is 997. The van der Waals surface area contributed by atoms with E-state index in [1.165, 1.54) is 6.20 Å². The predicted octanol–water partition coefficient (Wildman–Crippen LogP) is 4.05. The van der Waals surface area contributed by atoms with E-state index in [2.05, 4.69) is 25.6 Å². The molecule has 0 spiro atoms. The summed E-state index contributed by atoms with van der Waals surface area (Å²) < 4.78 is 67.7. The highest BCUT2D eigenvalue weighted by atomic mass is 19.4. The fourth-order valence-electron chi connectivity index (χ4n) is 3.35. The van der Waals surface area contributed by atoms with Crippen LogP contribution >= 0.6 is 0 Å². The number of rotatable bonds is 3. The summed E-state index contributed by atoms with van der Waals surface area (Å²) in [4.78, 5) is 10.7. The second kappa shape index (κ2) is 6.69. The van der Waals surface area contributed by atoms with Crippen LogP contribution in [0.5, 0.6) is 0 Å². The van der Waals surface area contributed by atoms with Crippen LogP contribution in [0, 0.1) is 0 Å². The van der Waals surface area contributed by atoms with Gasteiger partial charge in [0.05, 0.1) is 12.2 Å². The van der Waals surface area contributed by atoms with E-state index in [1.54, 1.807) is 24.3 Å². The van der Waals surface area contributed by atoms with Crippen molar-refractivity contribution in [1.82, 2.24) is 20.3 Å². The predicted molar refractivity (Wildman–Crippen MR) is 94.2 cm³/mol. The Kier molecular flexibility index (Phi) is 4.45. The number of anilines is 1. The first-order valence-corrected chi connectivity index (χ1v) is 8.59. The molecule has 3 N–H and O–H groups in total. The second-order valence-electron chi connectivity index (χ2n) is 6.73. The summed E-state index contributed by atoms with van der Waals surface area (Å²) in [6.45, 7) is -0.192. The number of benzene rings is 1. The molecule has 0 aliphatic carbocycles. The zero-order chi connectivity index (χ0) is 19.9. The van der Waals surface area contributed by atoms with E-state index in [0.717, 1.165) is 0 Å². The van der Waals surface area contributed by atoms with Crippen molar-refractivity contribution in [3.8, 4) is 11.3 Å². The van der Waals surface area contributed by atoms with E-state index in [0.29, 0.717) is 17.1 Å². The fourth-order valence-corrected chi connectivity index (χ4v) is 3.35. The molecule has 3 heterocycles. The van der Waals surface area contributed by atoms with E-state index >= 15 is 0 Å². The lowest BCUT2D eigenvalue weighted by Crippen LogP contribution is -2.49. The average Bonchev–Trinajstić information content (AvgIpc) is 3.04. The Morgan fingerprint density at radius 3 is 2.71 bits per heavy atom. The van der Waals surface area contributed by atoms with E-state index in [4.69, 9.17) is 0 Å². The minimum atomic E-state index is -4.66. The van der Waals surface area contributed by atoms with Crippen molar-refractivity contribution in [3.05, 3.63) is 42.2 Å². The molecule has 0 saturated carbocycles. The lowest BCUT2D eigenvalue weighted by atomic mass is 10.0. The molecule has 1 fully saturated rings. The van der Waals surface area contributed by atoms with Crippen LogP contribution in [0.1, 0.15) is 12.0 Å². The van der Waals surface area contributed by atoms with Crippen molar-refractivity contribution in [2.75, 3.05) is 18.4 Å². The Hall–Kier alpha value is -2.75. The summed E-state index contributed by atoms with van der Waals surface area (Å²) in [5.74, 6) is -3.03. The van der Waals surface area contributed by atoms with Crippen molar-refractivity contribution in [3.63, 3.8) is 0 Å². The maximum Gasteiger partial charge on any atom is 0.419 e. The summed E-state index contributed by atoms with van der Waals surface area (Å²) in [5.41, 5.74) is -0.372. The zero-order valence-electron chi connectivity index (χ0n) is 14.4. The van der Waals surface area contributed by atoms with Crippen LogP contribution in [-0.2, 0) is 6.18 Å². The van der Waals surface area contributed by atoms with Gasteiger partial charge in [0.2, 0.25) is 5.95 Å². The summed E-state index contributed by atoms with van der Waals surface area (Å²) >= 11 is 0. The largest absolute Gasteiger partial charge is 0.419 e. The number of hydrogen-bond donors (Lipinski definition) is 3. The Morgan fingerprint density at radius 1 is 1.18 bits per heavy atom. The molecule has 0 bridgehead atoms. The number of aromatic amines is 1. The van der Waals surface area contributed by atoms with Crippen molar-refractivity contribution in [2.24, 2.45) is 0 Å². The molecule has 1 aliphatic heterocycles. The fraction of sp³-hybridized carbons (Fsp3) is 0.333. The van der Waals surface area contributed by atoms with Gasteiger partial charge in [-0.2, -0.15) is 13.2 Å². The number of para-hydroxylation sites is 1. The number of hydrogen-bond acceptors (Lipinski definition) is 4. The number of alkyl halides is 5. The van der Waals surface area contributed by atoms with Crippen LogP contribution in [0.3, 0.4) is 0 Å². The topological polar surface area (TPSA) is 65.6 Å². The minimum Gasteiger partial charge on any atom is -0.360 e. The van der Waals surface area contributed by atoms with Crippen LogP contribution in [0.4, 0.5) is 27.9 Å². The van der Waals surface area contributed by atoms with Crippen LogP contribution in [-0.4, -0.2) is 40.0 Å². The first-order chi connectivity index (χ1) is 13.2. The smallest absolute Gasteiger partial charge is 0.360 e. The summed E-state index contributed by atoms with van der Waals surface area (Å²) in [7, 11) is 0. The number of aromatic nitrogens is 3. The number of nitrogens with zero attached hydrogens (tertiary/aromatic N) is 2. The molecule has 1 aromatic carbocycles. The van der Waals surface area contributed by atoms with Crippen molar-refractivity contribution in [1.29, 1.82) is 0 Å². The molecule has 0 amide bonds. The van der Waals surface area contributed by atoms with Crippen LogP contribution in [0.15, 0.2) is 36.7 Å². The van der Waals surface area contributed by atoms with Gasteiger partial charge in [-0.15, -0.1) is 0 Å². The maximum absolute atomic E-state index is 13.6. The van der Waals surface area contributed by atoms with Gasteiger partial charge < -0.3 is 15.6 Å².